The topological polar surface area (TPSA) is 48.8 Å². The monoisotopic (exact) mass is 277 g/mol. The van der Waals surface area contributed by atoms with Crippen LogP contribution in [0.4, 0.5) is 4.39 Å². The van der Waals surface area contributed by atoms with Gasteiger partial charge in [0.05, 0.1) is 5.56 Å². The smallest absolute Gasteiger partial charge is 0.251 e. The number of halogens is 1. The van der Waals surface area contributed by atoms with Gasteiger partial charge >= 0.3 is 0 Å². The normalized spacial score (nSPS) is 12.5. The van der Waals surface area contributed by atoms with Crippen molar-refractivity contribution in [3.63, 3.8) is 0 Å². The molecular weight excluding hydrogens is 263 g/mol. The standard InChI is InChI=1S/C14H14FN2OS/c1-4-10-8-16-13(17-14(10)19(3)18)11-7-5-6-9(2)12(11)15/h5-8H,2,4H2,1,3H3. The van der Waals surface area contributed by atoms with E-state index in [2.05, 4.69) is 16.9 Å². The summed E-state index contributed by atoms with van der Waals surface area (Å²) in [5.41, 5.74) is 1.39. The fourth-order valence-corrected chi connectivity index (χ4v) is 2.55. The maximum absolute atomic E-state index is 14.0. The van der Waals surface area contributed by atoms with Gasteiger partial charge < -0.3 is 4.55 Å². The van der Waals surface area contributed by atoms with Crippen LogP contribution >= 0.6 is 0 Å². The predicted octanol–water partition coefficient (Wildman–Crippen LogP) is 2.76. The zero-order chi connectivity index (χ0) is 14.0. The number of aromatic nitrogens is 2. The highest BCUT2D eigenvalue weighted by Crippen LogP contribution is 2.23. The van der Waals surface area contributed by atoms with Gasteiger partial charge in [0.25, 0.3) is 5.03 Å². The summed E-state index contributed by atoms with van der Waals surface area (Å²) in [6.07, 6.45) is 3.85. The Morgan fingerprint density at radius 1 is 1.42 bits per heavy atom. The van der Waals surface area contributed by atoms with E-state index < -0.39 is 17.0 Å². The van der Waals surface area contributed by atoms with Gasteiger partial charge in [-0.15, -0.1) is 0 Å². The van der Waals surface area contributed by atoms with Crippen molar-refractivity contribution >= 4 is 11.2 Å². The molecule has 19 heavy (non-hydrogen) atoms. The van der Waals surface area contributed by atoms with Crippen molar-refractivity contribution in [3.05, 3.63) is 48.3 Å². The molecule has 0 bridgehead atoms. The summed E-state index contributed by atoms with van der Waals surface area (Å²) in [7, 11) is 0. The molecule has 1 heterocycles. The van der Waals surface area contributed by atoms with E-state index in [1.807, 2.05) is 6.92 Å². The second-order valence-corrected chi connectivity index (χ2v) is 5.41. The van der Waals surface area contributed by atoms with E-state index >= 15 is 0 Å². The first kappa shape index (κ1) is 14.0. The Morgan fingerprint density at radius 3 is 2.79 bits per heavy atom. The molecule has 0 fully saturated rings. The van der Waals surface area contributed by atoms with Gasteiger partial charge in [-0.1, -0.05) is 19.1 Å². The van der Waals surface area contributed by atoms with Crippen molar-refractivity contribution in [1.82, 2.24) is 9.97 Å². The van der Waals surface area contributed by atoms with E-state index in [9.17, 15) is 8.94 Å². The highest BCUT2D eigenvalue weighted by Gasteiger charge is 2.17. The van der Waals surface area contributed by atoms with E-state index in [0.29, 0.717) is 17.0 Å². The van der Waals surface area contributed by atoms with Gasteiger partial charge in [0.15, 0.2) is 5.82 Å². The lowest BCUT2D eigenvalue weighted by Crippen LogP contribution is -2.08. The van der Waals surface area contributed by atoms with Crippen LogP contribution in [0.5, 0.6) is 0 Å². The van der Waals surface area contributed by atoms with Crippen molar-refractivity contribution in [2.75, 3.05) is 6.26 Å². The third-order valence-electron chi connectivity index (χ3n) is 2.80. The number of nitrogens with zero attached hydrogens (tertiary/aromatic N) is 2. The number of hydrogen-bond acceptors (Lipinski definition) is 3. The summed E-state index contributed by atoms with van der Waals surface area (Å²) < 4.78 is 25.7. The van der Waals surface area contributed by atoms with Gasteiger partial charge in [-0.3, -0.25) is 0 Å². The highest BCUT2D eigenvalue weighted by atomic mass is 32.2. The zero-order valence-electron chi connectivity index (χ0n) is 10.8. The molecule has 99 valence electrons. The second kappa shape index (κ2) is 5.67. The molecule has 2 aromatic rings. The summed E-state index contributed by atoms with van der Waals surface area (Å²) >= 11 is -1.23. The minimum absolute atomic E-state index is 0.241. The van der Waals surface area contributed by atoms with Crippen molar-refractivity contribution in [3.8, 4) is 11.4 Å². The van der Waals surface area contributed by atoms with E-state index in [1.54, 1.807) is 30.7 Å². The zero-order valence-corrected chi connectivity index (χ0v) is 11.6. The Bertz CT molecular complexity index is 602. The molecule has 1 unspecified atom stereocenters. The van der Waals surface area contributed by atoms with Gasteiger partial charge in [-0.25, -0.2) is 9.37 Å². The fraction of sp³-hybridized carbons (Fsp3) is 0.214. The van der Waals surface area contributed by atoms with Crippen molar-refractivity contribution in [2.24, 2.45) is 0 Å². The van der Waals surface area contributed by atoms with Crippen LogP contribution in [-0.4, -0.2) is 20.8 Å². The Balaban J connectivity index is 2.57. The Morgan fingerprint density at radius 2 is 2.16 bits per heavy atom. The molecule has 0 aliphatic carbocycles. The van der Waals surface area contributed by atoms with Crippen LogP contribution < -0.4 is 0 Å². The van der Waals surface area contributed by atoms with Crippen molar-refractivity contribution in [2.45, 2.75) is 18.4 Å². The molecule has 0 spiro atoms. The van der Waals surface area contributed by atoms with Crippen molar-refractivity contribution in [1.29, 1.82) is 0 Å². The SMILES string of the molecule is [CH2]c1cccc(-c2ncc(CC)c([S+](C)[O-])n2)c1F. The molecule has 0 aliphatic heterocycles. The average molecular weight is 277 g/mol. The third-order valence-corrected chi connectivity index (χ3v) is 3.70. The molecule has 0 N–H and O–H groups in total. The fourth-order valence-electron chi connectivity index (χ4n) is 1.76. The molecule has 0 aliphatic rings. The van der Waals surface area contributed by atoms with E-state index in [4.69, 9.17) is 0 Å². The Kier molecular flexibility index (Phi) is 4.17. The molecule has 0 amide bonds. The van der Waals surface area contributed by atoms with Gasteiger partial charge in [0.2, 0.25) is 0 Å². The minimum Gasteiger partial charge on any atom is -0.610 e. The first-order valence-electron chi connectivity index (χ1n) is 5.84. The van der Waals surface area contributed by atoms with Gasteiger partial charge in [0, 0.05) is 22.9 Å². The lowest BCUT2D eigenvalue weighted by molar-refractivity contribution is 0.594. The van der Waals surface area contributed by atoms with Crippen LogP contribution in [0, 0.1) is 12.7 Å². The highest BCUT2D eigenvalue weighted by molar-refractivity contribution is 7.90. The van der Waals surface area contributed by atoms with E-state index in [0.717, 1.165) is 5.56 Å². The second-order valence-electron chi connectivity index (χ2n) is 4.11. The number of benzene rings is 1. The molecule has 2 rings (SSSR count). The summed E-state index contributed by atoms with van der Waals surface area (Å²) in [6.45, 7) is 5.54. The maximum atomic E-state index is 14.0. The van der Waals surface area contributed by atoms with E-state index in [-0.39, 0.29) is 11.4 Å². The summed E-state index contributed by atoms with van der Waals surface area (Å²) in [5, 5.41) is 0.460. The van der Waals surface area contributed by atoms with Crippen molar-refractivity contribution < 1.29 is 8.94 Å². The largest absolute Gasteiger partial charge is 0.610 e. The summed E-state index contributed by atoms with van der Waals surface area (Å²) in [4.78, 5) is 8.39. The summed E-state index contributed by atoms with van der Waals surface area (Å²) in [6, 6.07) is 4.87. The van der Waals surface area contributed by atoms with Crippen LogP contribution in [0.3, 0.4) is 0 Å². The molecule has 1 aromatic heterocycles. The molecule has 0 saturated heterocycles. The molecule has 3 nitrogen and oxygen atoms in total. The third kappa shape index (κ3) is 2.77. The molecule has 1 atom stereocenters. The quantitative estimate of drug-likeness (QED) is 0.640. The van der Waals surface area contributed by atoms with Gasteiger partial charge in [-0.05, 0) is 25.0 Å². The maximum Gasteiger partial charge on any atom is 0.251 e. The number of rotatable bonds is 3. The molecule has 1 aromatic carbocycles. The Labute approximate surface area is 115 Å². The lowest BCUT2D eigenvalue weighted by Gasteiger charge is -2.10. The molecular formula is C14H14FN2OS. The molecule has 1 radical (unpaired) electrons. The van der Waals surface area contributed by atoms with Crippen LogP contribution in [0.1, 0.15) is 18.1 Å². The predicted molar refractivity (Wildman–Crippen MR) is 73.6 cm³/mol. The van der Waals surface area contributed by atoms with Crippen LogP contribution in [0.15, 0.2) is 29.4 Å². The summed E-state index contributed by atoms with van der Waals surface area (Å²) in [5.74, 6) is -0.204. The van der Waals surface area contributed by atoms with Crippen LogP contribution in [0.2, 0.25) is 0 Å². The first-order valence-corrected chi connectivity index (χ1v) is 7.40. The molecule has 0 saturated carbocycles. The number of aryl methyl sites for hydroxylation is 1. The Hall–Kier alpha value is -1.46. The first-order chi connectivity index (χ1) is 9.04. The van der Waals surface area contributed by atoms with Gasteiger partial charge in [0.1, 0.15) is 12.1 Å². The lowest BCUT2D eigenvalue weighted by atomic mass is 10.1. The van der Waals surface area contributed by atoms with E-state index in [1.165, 1.54) is 0 Å². The number of hydrogen-bond donors (Lipinski definition) is 0. The van der Waals surface area contributed by atoms with Crippen LogP contribution in [0.25, 0.3) is 11.4 Å². The van der Waals surface area contributed by atoms with Gasteiger partial charge in [-0.2, -0.15) is 4.98 Å². The molecule has 5 heteroatoms. The minimum atomic E-state index is -1.23. The van der Waals surface area contributed by atoms with Crippen LogP contribution in [-0.2, 0) is 17.6 Å². The average Bonchev–Trinajstić information content (AvgIpc) is 2.41.